The second-order valence-electron chi connectivity index (χ2n) is 6.47. The number of carboxylic acid groups (broad SMARTS) is 2. The molecule has 33 heavy (non-hydrogen) atoms. The molecule has 12 nitrogen and oxygen atoms in total. The first-order valence-corrected chi connectivity index (χ1v) is 9.25. The van der Waals surface area contributed by atoms with Crippen molar-refractivity contribution in [2.45, 2.75) is 0 Å². The molecule has 7 N–H and O–H groups in total. The molecule has 0 atom stereocenters. The van der Waals surface area contributed by atoms with E-state index in [9.17, 15) is 14.3 Å². The molecule has 0 aliphatic heterocycles. The number of nitrogens with two attached hydrogens (primary N) is 2. The van der Waals surface area contributed by atoms with Gasteiger partial charge in [-0.1, -0.05) is 24.3 Å². The fourth-order valence-corrected chi connectivity index (χ4v) is 3.01. The Kier molecular flexibility index (Phi) is 6.52. The molecule has 4 aromatic rings. The number of aromatic nitrogens is 4. The molecule has 2 heterocycles. The van der Waals surface area contributed by atoms with Gasteiger partial charge in [0.05, 0.1) is 11.2 Å². The van der Waals surface area contributed by atoms with Crippen molar-refractivity contribution in [1.82, 2.24) is 19.7 Å². The quantitative estimate of drug-likeness (QED) is 0.287. The van der Waals surface area contributed by atoms with E-state index in [0.717, 1.165) is 4.90 Å². The lowest BCUT2D eigenvalue weighted by Gasteiger charge is -2.17. The number of nitrogens with one attached hydrogen (secondary N) is 1. The third-order valence-corrected chi connectivity index (χ3v) is 4.45. The van der Waals surface area contributed by atoms with Crippen LogP contribution < -0.4 is 21.7 Å². The topological polar surface area (TPSA) is 186 Å². The number of carbonyl (C=O) groups is 2. The van der Waals surface area contributed by atoms with Crippen LogP contribution in [0.25, 0.3) is 16.9 Å². The Morgan fingerprint density at radius 2 is 1.70 bits per heavy atom. The van der Waals surface area contributed by atoms with Crippen LogP contribution in [-0.2, 0) is 4.79 Å². The van der Waals surface area contributed by atoms with Gasteiger partial charge in [0.25, 0.3) is 12.4 Å². The number of nitrogens with zero attached hydrogens (tertiary/aromatic N) is 5. The summed E-state index contributed by atoms with van der Waals surface area (Å²) in [4.78, 5) is 28.8. The van der Waals surface area contributed by atoms with Gasteiger partial charge < -0.3 is 27.0 Å². The molecule has 0 saturated heterocycles. The molecule has 0 unspecified atom stereocenters. The number of hydrogen-bond donors (Lipinski definition) is 5. The van der Waals surface area contributed by atoms with Crippen LogP contribution in [-0.4, -0.2) is 49.6 Å². The molecule has 0 radical (unpaired) electrons. The summed E-state index contributed by atoms with van der Waals surface area (Å²) in [5, 5.41) is 24.2. The Morgan fingerprint density at radius 1 is 1.12 bits per heavy atom. The first-order valence-electron chi connectivity index (χ1n) is 9.25. The van der Waals surface area contributed by atoms with Crippen LogP contribution >= 0.6 is 0 Å². The third kappa shape index (κ3) is 4.56. The molecule has 2 aromatic heterocycles. The van der Waals surface area contributed by atoms with E-state index in [0.29, 0.717) is 16.7 Å². The van der Waals surface area contributed by atoms with Crippen LogP contribution in [0.4, 0.5) is 38.0 Å². The van der Waals surface area contributed by atoms with E-state index in [2.05, 4.69) is 20.4 Å². The monoisotopic (exact) mass is 454 g/mol. The lowest BCUT2D eigenvalue weighted by Crippen LogP contribution is -2.27. The van der Waals surface area contributed by atoms with Gasteiger partial charge in [0.2, 0.25) is 0 Å². The fraction of sp³-hybridized carbons (Fsp3) is 0.0500. The van der Waals surface area contributed by atoms with Gasteiger partial charge in [-0.15, -0.1) is 5.10 Å². The summed E-state index contributed by atoms with van der Waals surface area (Å²) < 4.78 is 15.5. The predicted molar refractivity (Wildman–Crippen MR) is 120 cm³/mol. The number of benzene rings is 2. The lowest BCUT2D eigenvalue weighted by atomic mass is 10.2. The maximum absolute atomic E-state index is 14.1. The standard InChI is InChI=1S/C19H17FN8O2.CH2O2/c1-27(19(29)30)14-15(21)24-18(25-16(14)22)28-13-9-5-2-6-10(13)17(26-28)23-12-8-4-3-7-11(12)20;2-1-3/h2-9H,1H3,(H,23,26)(H,29,30)(H4,21,22,24,25);1H,(H,2,3). The van der Waals surface area contributed by atoms with Crippen molar-refractivity contribution in [3.63, 3.8) is 0 Å². The maximum atomic E-state index is 14.1. The minimum Gasteiger partial charge on any atom is -0.483 e. The molecular weight excluding hydrogens is 435 g/mol. The number of hydrogen-bond acceptors (Lipinski definition) is 8. The highest BCUT2D eigenvalue weighted by atomic mass is 19.1. The van der Waals surface area contributed by atoms with Crippen LogP contribution in [0.2, 0.25) is 0 Å². The predicted octanol–water partition coefficient (Wildman–Crippen LogP) is 2.68. The van der Waals surface area contributed by atoms with Crippen LogP contribution in [0.1, 0.15) is 0 Å². The molecule has 0 bridgehead atoms. The Hall–Kier alpha value is -4.94. The number of nitrogen functional groups attached to an aromatic ring is 2. The molecule has 1 amide bonds. The normalized spacial score (nSPS) is 10.2. The highest BCUT2D eigenvalue weighted by Gasteiger charge is 2.21. The SMILES string of the molecule is CN(C(=O)O)c1c(N)nc(-n2nc(Nc3ccccc3F)c3ccccc32)nc1N.O=CO. The van der Waals surface area contributed by atoms with Gasteiger partial charge in [-0.25, -0.2) is 9.18 Å². The van der Waals surface area contributed by atoms with Gasteiger partial charge in [0.1, 0.15) is 11.5 Å². The molecule has 4 rings (SSSR count). The molecule has 0 fully saturated rings. The molecule has 2 aromatic carbocycles. The number of para-hydroxylation sites is 2. The summed E-state index contributed by atoms with van der Waals surface area (Å²) >= 11 is 0. The maximum Gasteiger partial charge on any atom is 0.411 e. The number of halogens is 1. The van der Waals surface area contributed by atoms with Crippen LogP contribution in [0.3, 0.4) is 0 Å². The van der Waals surface area contributed by atoms with Gasteiger partial charge >= 0.3 is 6.09 Å². The van der Waals surface area contributed by atoms with E-state index in [-0.39, 0.29) is 35.4 Å². The Labute approximate surface area is 185 Å². The zero-order valence-corrected chi connectivity index (χ0v) is 17.2. The van der Waals surface area contributed by atoms with Gasteiger partial charge in [-0.2, -0.15) is 14.6 Å². The molecule has 170 valence electrons. The molecule has 0 aliphatic carbocycles. The second-order valence-corrected chi connectivity index (χ2v) is 6.47. The zero-order chi connectivity index (χ0) is 24.1. The first-order chi connectivity index (χ1) is 15.8. The van der Waals surface area contributed by atoms with Crippen LogP contribution in [0.5, 0.6) is 0 Å². The summed E-state index contributed by atoms with van der Waals surface area (Å²) in [7, 11) is 1.28. The van der Waals surface area contributed by atoms with E-state index < -0.39 is 11.9 Å². The highest BCUT2D eigenvalue weighted by Crippen LogP contribution is 2.31. The van der Waals surface area contributed by atoms with E-state index >= 15 is 0 Å². The zero-order valence-electron chi connectivity index (χ0n) is 17.2. The largest absolute Gasteiger partial charge is 0.483 e. The van der Waals surface area contributed by atoms with Gasteiger partial charge in [0.15, 0.2) is 17.5 Å². The van der Waals surface area contributed by atoms with Crippen molar-refractivity contribution in [1.29, 1.82) is 0 Å². The summed E-state index contributed by atoms with van der Waals surface area (Å²) in [6.07, 6.45) is -1.26. The number of anilines is 5. The Morgan fingerprint density at radius 3 is 2.30 bits per heavy atom. The van der Waals surface area contributed by atoms with Crippen molar-refractivity contribution in [2.24, 2.45) is 0 Å². The molecule has 0 saturated carbocycles. The summed E-state index contributed by atoms with van der Waals surface area (Å²) in [6.45, 7) is -0.250. The van der Waals surface area contributed by atoms with Crippen molar-refractivity contribution in [3.05, 3.63) is 54.3 Å². The minimum absolute atomic E-state index is 0.0209. The summed E-state index contributed by atoms with van der Waals surface area (Å²) in [5.74, 6) is -0.244. The first kappa shape index (κ1) is 22.7. The highest BCUT2D eigenvalue weighted by molar-refractivity contribution is 5.94. The van der Waals surface area contributed by atoms with Crippen molar-refractivity contribution < 1.29 is 24.2 Å². The molecular formula is C20H19FN8O4. The summed E-state index contributed by atoms with van der Waals surface area (Å²) in [5.41, 5.74) is 12.8. The molecule has 0 spiro atoms. The van der Waals surface area contributed by atoms with Gasteiger partial charge in [0, 0.05) is 12.4 Å². The Balaban J connectivity index is 0.000000968. The van der Waals surface area contributed by atoms with Crippen molar-refractivity contribution in [2.75, 3.05) is 28.7 Å². The van der Waals surface area contributed by atoms with Gasteiger partial charge in [-0.05, 0) is 24.3 Å². The number of fused-ring (bicyclic) bond motifs is 1. The van der Waals surface area contributed by atoms with Crippen molar-refractivity contribution >= 4 is 52.3 Å². The van der Waals surface area contributed by atoms with Crippen LogP contribution in [0.15, 0.2) is 48.5 Å². The average Bonchev–Trinajstić information content (AvgIpc) is 3.14. The second kappa shape index (κ2) is 9.47. The van der Waals surface area contributed by atoms with Crippen LogP contribution in [0, 0.1) is 5.82 Å². The fourth-order valence-electron chi connectivity index (χ4n) is 3.01. The smallest absolute Gasteiger partial charge is 0.411 e. The third-order valence-electron chi connectivity index (χ3n) is 4.45. The van der Waals surface area contributed by atoms with E-state index in [1.165, 1.54) is 17.8 Å². The summed E-state index contributed by atoms with van der Waals surface area (Å²) in [6, 6.07) is 13.4. The molecule has 13 heteroatoms. The molecule has 0 aliphatic rings. The van der Waals surface area contributed by atoms with E-state index in [1.807, 2.05) is 6.07 Å². The van der Waals surface area contributed by atoms with E-state index in [1.54, 1.807) is 36.4 Å². The average molecular weight is 454 g/mol. The minimum atomic E-state index is -1.26. The van der Waals surface area contributed by atoms with E-state index in [4.69, 9.17) is 21.4 Å². The number of rotatable bonds is 4. The van der Waals surface area contributed by atoms with Crippen molar-refractivity contribution in [3.8, 4) is 5.95 Å². The number of amides is 1. The lowest BCUT2D eigenvalue weighted by molar-refractivity contribution is -0.122. The van der Waals surface area contributed by atoms with Gasteiger partial charge in [-0.3, -0.25) is 9.69 Å². The Bertz CT molecular complexity index is 1300.